The fraction of sp³-hybridized carbons (Fsp3) is 0.643. The van der Waals surface area contributed by atoms with Crippen LogP contribution in [0.1, 0.15) is 17.7 Å². The van der Waals surface area contributed by atoms with Crippen molar-refractivity contribution in [2.24, 2.45) is 4.99 Å². The summed E-state index contributed by atoms with van der Waals surface area (Å²) in [6.07, 6.45) is 2.34. The number of sulfone groups is 1. The summed E-state index contributed by atoms with van der Waals surface area (Å²) in [5, 5.41) is 8.38. The Morgan fingerprint density at radius 1 is 1.41 bits per heavy atom. The second kappa shape index (κ2) is 7.43. The van der Waals surface area contributed by atoms with Gasteiger partial charge >= 0.3 is 0 Å². The van der Waals surface area contributed by atoms with Crippen LogP contribution < -0.4 is 10.6 Å². The van der Waals surface area contributed by atoms with Crippen LogP contribution in [0.5, 0.6) is 0 Å². The molecule has 2 rings (SSSR count). The molecule has 1 aliphatic heterocycles. The molecular weight excluding hydrogens is 322 g/mol. The summed E-state index contributed by atoms with van der Waals surface area (Å²) >= 11 is 1.67. The molecule has 0 radical (unpaired) electrons. The van der Waals surface area contributed by atoms with Gasteiger partial charge in [0.1, 0.15) is 0 Å². The number of hydrogen-bond acceptors (Lipinski definition) is 5. The molecule has 2 N–H and O–H groups in total. The Morgan fingerprint density at radius 3 is 2.68 bits per heavy atom. The predicted molar refractivity (Wildman–Crippen MR) is 90.1 cm³/mol. The third-order valence-corrected chi connectivity index (χ3v) is 7.00. The summed E-state index contributed by atoms with van der Waals surface area (Å²) in [5.74, 6) is 0.614. The summed E-state index contributed by atoms with van der Waals surface area (Å²) in [6, 6.07) is 4.04. The van der Waals surface area contributed by atoms with E-state index in [0.29, 0.717) is 45.1 Å². The number of ether oxygens (including phenoxy) is 1. The quantitative estimate of drug-likeness (QED) is 0.615. The fourth-order valence-electron chi connectivity index (χ4n) is 2.47. The standard InChI is InChI=1S/C14H23N3O3S2/c1-15-13(16-10-12-4-3-9-21-12)17-11-14(22(2,18)19)5-7-20-8-6-14/h3-4,9H,5-8,10-11H2,1-2H3,(H2,15,16,17). The summed E-state index contributed by atoms with van der Waals surface area (Å²) < 4.78 is 28.9. The summed E-state index contributed by atoms with van der Waals surface area (Å²) in [5.41, 5.74) is 0. The molecule has 0 bridgehead atoms. The SMILES string of the molecule is CN=C(NCc1cccs1)NCC1(S(C)(=O)=O)CCOCC1. The lowest BCUT2D eigenvalue weighted by atomic mass is 9.99. The number of nitrogens with one attached hydrogen (secondary N) is 2. The topological polar surface area (TPSA) is 79.8 Å². The highest BCUT2D eigenvalue weighted by atomic mass is 32.2. The van der Waals surface area contributed by atoms with Crippen LogP contribution in [0.2, 0.25) is 0 Å². The first-order chi connectivity index (χ1) is 10.5. The minimum Gasteiger partial charge on any atom is -0.381 e. The number of aliphatic imine (C=N–C) groups is 1. The molecule has 0 amide bonds. The minimum atomic E-state index is -3.17. The van der Waals surface area contributed by atoms with Crippen LogP contribution in [0.25, 0.3) is 0 Å². The minimum absolute atomic E-state index is 0.347. The van der Waals surface area contributed by atoms with Gasteiger partial charge < -0.3 is 15.4 Å². The predicted octanol–water partition coefficient (Wildman–Crippen LogP) is 1.01. The summed E-state index contributed by atoms with van der Waals surface area (Å²) in [6.45, 7) is 1.98. The molecule has 0 saturated carbocycles. The van der Waals surface area contributed by atoms with Crippen molar-refractivity contribution in [3.8, 4) is 0 Å². The van der Waals surface area contributed by atoms with E-state index >= 15 is 0 Å². The number of guanidine groups is 1. The maximum absolute atomic E-state index is 12.2. The van der Waals surface area contributed by atoms with Crippen LogP contribution in [0, 0.1) is 0 Å². The van der Waals surface area contributed by atoms with E-state index in [4.69, 9.17) is 4.74 Å². The Bertz CT molecular complexity index is 591. The van der Waals surface area contributed by atoms with Gasteiger partial charge in [0.2, 0.25) is 0 Å². The molecule has 1 fully saturated rings. The molecule has 0 unspecified atom stereocenters. The van der Waals surface area contributed by atoms with Crippen molar-refractivity contribution in [1.29, 1.82) is 0 Å². The number of nitrogens with zero attached hydrogens (tertiary/aromatic N) is 1. The lowest BCUT2D eigenvalue weighted by Crippen LogP contribution is -2.53. The molecule has 1 saturated heterocycles. The van der Waals surface area contributed by atoms with E-state index in [1.807, 2.05) is 17.5 Å². The van der Waals surface area contributed by atoms with Crippen LogP contribution in [-0.4, -0.2) is 52.2 Å². The molecule has 6 nitrogen and oxygen atoms in total. The normalized spacial score (nSPS) is 18.9. The highest BCUT2D eigenvalue weighted by Gasteiger charge is 2.42. The summed E-state index contributed by atoms with van der Waals surface area (Å²) in [7, 11) is -1.49. The molecule has 2 heterocycles. The lowest BCUT2D eigenvalue weighted by Gasteiger charge is -2.35. The van der Waals surface area contributed by atoms with E-state index < -0.39 is 14.6 Å². The van der Waals surface area contributed by atoms with Crippen LogP contribution in [0.15, 0.2) is 22.5 Å². The van der Waals surface area contributed by atoms with Gasteiger partial charge in [0, 0.05) is 37.9 Å². The van der Waals surface area contributed by atoms with Crippen LogP contribution in [0.4, 0.5) is 0 Å². The molecule has 1 aliphatic rings. The number of hydrogen-bond donors (Lipinski definition) is 2. The van der Waals surface area contributed by atoms with E-state index in [1.165, 1.54) is 11.1 Å². The third-order valence-electron chi connectivity index (χ3n) is 4.00. The van der Waals surface area contributed by atoms with Crippen molar-refractivity contribution < 1.29 is 13.2 Å². The third kappa shape index (κ3) is 4.21. The second-order valence-electron chi connectivity index (χ2n) is 5.43. The van der Waals surface area contributed by atoms with Gasteiger partial charge in [0.15, 0.2) is 15.8 Å². The maximum Gasteiger partial charge on any atom is 0.191 e. The van der Waals surface area contributed by atoms with Crippen molar-refractivity contribution in [2.75, 3.05) is 33.1 Å². The molecular formula is C14H23N3O3S2. The number of thiophene rings is 1. The molecule has 1 aromatic rings. The zero-order valence-corrected chi connectivity index (χ0v) is 14.6. The van der Waals surface area contributed by atoms with Gasteiger partial charge in [0.05, 0.1) is 11.3 Å². The Kier molecular flexibility index (Phi) is 5.82. The number of rotatable bonds is 5. The molecule has 0 aromatic carbocycles. The van der Waals surface area contributed by atoms with Crippen LogP contribution >= 0.6 is 11.3 Å². The van der Waals surface area contributed by atoms with Crippen molar-refractivity contribution in [3.05, 3.63) is 22.4 Å². The zero-order valence-electron chi connectivity index (χ0n) is 13.0. The smallest absolute Gasteiger partial charge is 0.191 e. The molecule has 1 aromatic heterocycles. The average molecular weight is 345 g/mol. The van der Waals surface area contributed by atoms with Gasteiger partial charge in [-0.25, -0.2) is 8.42 Å². The van der Waals surface area contributed by atoms with Crippen molar-refractivity contribution in [2.45, 2.75) is 24.1 Å². The second-order valence-corrected chi connectivity index (χ2v) is 8.87. The monoisotopic (exact) mass is 345 g/mol. The van der Waals surface area contributed by atoms with Gasteiger partial charge in [-0.2, -0.15) is 0 Å². The Balaban J connectivity index is 1.95. The fourth-order valence-corrected chi connectivity index (χ4v) is 4.36. The van der Waals surface area contributed by atoms with Crippen LogP contribution in [-0.2, 0) is 21.1 Å². The maximum atomic E-state index is 12.2. The zero-order chi connectivity index (χ0) is 16.1. The summed E-state index contributed by atoms with van der Waals surface area (Å²) in [4.78, 5) is 5.36. The molecule has 8 heteroatoms. The Morgan fingerprint density at radius 2 is 2.14 bits per heavy atom. The molecule has 22 heavy (non-hydrogen) atoms. The highest BCUT2D eigenvalue weighted by molar-refractivity contribution is 7.92. The lowest BCUT2D eigenvalue weighted by molar-refractivity contribution is 0.0756. The molecule has 0 spiro atoms. The van der Waals surface area contributed by atoms with Crippen molar-refractivity contribution >= 4 is 27.1 Å². The average Bonchev–Trinajstić information content (AvgIpc) is 3.00. The van der Waals surface area contributed by atoms with E-state index in [-0.39, 0.29) is 0 Å². The van der Waals surface area contributed by atoms with Crippen molar-refractivity contribution in [1.82, 2.24) is 10.6 Å². The molecule has 0 atom stereocenters. The van der Waals surface area contributed by atoms with Gasteiger partial charge in [-0.05, 0) is 24.3 Å². The van der Waals surface area contributed by atoms with Crippen molar-refractivity contribution in [3.63, 3.8) is 0 Å². The van der Waals surface area contributed by atoms with Gasteiger partial charge in [-0.15, -0.1) is 11.3 Å². The Hall–Kier alpha value is -1.12. The first kappa shape index (κ1) is 17.2. The largest absolute Gasteiger partial charge is 0.381 e. The Labute approximate surface area is 135 Å². The van der Waals surface area contributed by atoms with Gasteiger partial charge in [-0.1, -0.05) is 6.07 Å². The highest BCUT2D eigenvalue weighted by Crippen LogP contribution is 2.28. The first-order valence-corrected chi connectivity index (χ1v) is 9.98. The first-order valence-electron chi connectivity index (χ1n) is 7.21. The van der Waals surface area contributed by atoms with Gasteiger partial charge in [0.25, 0.3) is 0 Å². The molecule has 0 aliphatic carbocycles. The molecule has 124 valence electrons. The van der Waals surface area contributed by atoms with Gasteiger partial charge in [-0.3, -0.25) is 4.99 Å². The van der Waals surface area contributed by atoms with E-state index in [9.17, 15) is 8.42 Å². The van der Waals surface area contributed by atoms with Crippen LogP contribution in [0.3, 0.4) is 0 Å². The van der Waals surface area contributed by atoms with E-state index in [2.05, 4.69) is 15.6 Å². The van der Waals surface area contributed by atoms with E-state index in [0.717, 1.165) is 0 Å². The van der Waals surface area contributed by atoms with E-state index in [1.54, 1.807) is 18.4 Å².